The van der Waals surface area contributed by atoms with E-state index in [4.69, 9.17) is 9.73 Å². The van der Waals surface area contributed by atoms with Crippen molar-refractivity contribution >= 4 is 21.6 Å². The average molecular weight is 430 g/mol. The van der Waals surface area contributed by atoms with Crippen LogP contribution >= 0.6 is 15.9 Å². The largest absolute Gasteiger partial charge is 0.504 e. The molecule has 3 N–H and O–H groups in total. The molecule has 5 nitrogen and oxygen atoms in total. The number of hydrogen-bond acceptors (Lipinski definition) is 5. The van der Waals surface area contributed by atoms with Crippen LogP contribution in [0, 0.1) is 0 Å². The predicted octanol–water partition coefficient (Wildman–Crippen LogP) is 3.77. The Morgan fingerprint density at radius 3 is 2.59 bits per heavy atom. The Bertz CT molecular complexity index is 845. The minimum atomic E-state index is -0.300. The van der Waals surface area contributed by atoms with Gasteiger partial charge in [0.05, 0.1) is 7.11 Å². The Kier molecular flexibility index (Phi) is 5.21. The van der Waals surface area contributed by atoms with Gasteiger partial charge in [0.1, 0.15) is 5.66 Å². The van der Waals surface area contributed by atoms with Gasteiger partial charge in [0.2, 0.25) is 0 Å². The number of ether oxygens (including phenoxy) is 1. The molecule has 0 radical (unpaired) electrons. The summed E-state index contributed by atoms with van der Waals surface area (Å²) in [7, 11) is 1.58. The number of aliphatic imine (C=N–C) groups is 1. The zero-order valence-electron chi connectivity index (χ0n) is 15.3. The summed E-state index contributed by atoms with van der Waals surface area (Å²) in [5.41, 5.74) is 2.77. The summed E-state index contributed by atoms with van der Waals surface area (Å²) in [4.78, 5) is 5.16. The highest BCUT2D eigenvalue weighted by atomic mass is 79.9. The van der Waals surface area contributed by atoms with E-state index >= 15 is 0 Å². The quantitative estimate of drug-likeness (QED) is 0.694. The van der Waals surface area contributed by atoms with Crippen LogP contribution in [0.4, 0.5) is 0 Å². The van der Waals surface area contributed by atoms with Crippen LogP contribution in [-0.4, -0.2) is 36.7 Å². The maximum atomic E-state index is 10.7. The van der Waals surface area contributed by atoms with E-state index in [1.165, 1.54) is 0 Å². The van der Waals surface area contributed by atoms with Gasteiger partial charge in [-0.05, 0) is 49.7 Å². The van der Waals surface area contributed by atoms with Gasteiger partial charge in [-0.3, -0.25) is 10.3 Å². The van der Waals surface area contributed by atoms with Gasteiger partial charge in [0.15, 0.2) is 11.5 Å². The predicted molar refractivity (Wildman–Crippen MR) is 111 cm³/mol. The van der Waals surface area contributed by atoms with Crippen molar-refractivity contribution in [3.8, 4) is 11.5 Å². The van der Waals surface area contributed by atoms with Crippen molar-refractivity contribution in [2.75, 3.05) is 20.2 Å². The van der Waals surface area contributed by atoms with E-state index in [1.54, 1.807) is 13.2 Å². The number of rotatable bonds is 3. The van der Waals surface area contributed by atoms with Crippen LogP contribution in [0.1, 0.15) is 36.4 Å². The van der Waals surface area contributed by atoms with Crippen molar-refractivity contribution in [2.45, 2.75) is 31.0 Å². The Hall–Kier alpha value is -1.89. The van der Waals surface area contributed by atoms with E-state index in [1.807, 2.05) is 24.3 Å². The first-order valence-corrected chi connectivity index (χ1v) is 10.1. The first-order chi connectivity index (χ1) is 13.1. The summed E-state index contributed by atoms with van der Waals surface area (Å²) in [5.74, 6) is 0.708. The van der Waals surface area contributed by atoms with Crippen LogP contribution in [0.3, 0.4) is 0 Å². The number of phenolic OH excluding ortho intramolecular Hbond substituents is 1. The first kappa shape index (κ1) is 18.5. The van der Waals surface area contributed by atoms with E-state index in [0.29, 0.717) is 5.75 Å². The highest BCUT2D eigenvalue weighted by Crippen LogP contribution is 2.39. The lowest BCUT2D eigenvalue weighted by atomic mass is 9.88. The molecule has 1 atom stereocenters. The number of piperidine rings is 1. The van der Waals surface area contributed by atoms with Gasteiger partial charge in [-0.25, -0.2) is 0 Å². The zero-order valence-corrected chi connectivity index (χ0v) is 16.9. The van der Waals surface area contributed by atoms with Crippen molar-refractivity contribution in [3.63, 3.8) is 0 Å². The molecule has 0 unspecified atom stereocenters. The van der Waals surface area contributed by atoms with Gasteiger partial charge in [0, 0.05) is 28.2 Å². The second kappa shape index (κ2) is 7.62. The molecule has 2 heterocycles. The smallest absolute Gasteiger partial charge is 0.162 e. The summed E-state index contributed by atoms with van der Waals surface area (Å²) >= 11 is 3.51. The third-order valence-electron chi connectivity index (χ3n) is 5.42. The first-order valence-electron chi connectivity index (χ1n) is 9.29. The third-order valence-corrected chi connectivity index (χ3v) is 5.95. The fraction of sp³-hybridized carbons (Fsp3) is 0.381. The molecule has 0 bridgehead atoms. The molecular formula is C21H24BrN3O2. The molecule has 4 rings (SSSR count). The van der Waals surface area contributed by atoms with Crippen LogP contribution < -0.4 is 15.4 Å². The van der Waals surface area contributed by atoms with Crippen LogP contribution in [0.25, 0.3) is 0 Å². The van der Waals surface area contributed by atoms with Gasteiger partial charge in [-0.1, -0.05) is 40.2 Å². The van der Waals surface area contributed by atoms with Crippen molar-refractivity contribution in [3.05, 3.63) is 58.1 Å². The molecule has 2 aliphatic heterocycles. The van der Waals surface area contributed by atoms with Gasteiger partial charge >= 0.3 is 0 Å². The standard InChI is InChI=1S/C21H24BrN3O2/c1-27-19-4-2-3-16(20(19)26)18-13-17(14-5-7-15(22)8-6-14)24-21(25-18)9-11-23-12-10-21/h2-8,18,23,25-26H,9-13H2,1H3/t18-/m1/s1. The molecule has 6 heteroatoms. The lowest BCUT2D eigenvalue weighted by Crippen LogP contribution is -2.55. The number of phenols is 1. The minimum Gasteiger partial charge on any atom is -0.504 e. The van der Waals surface area contributed by atoms with Crippen LogP contribution in [0.5, 0.6) is 11.5 Å². The van der Waals surface area contributed by atoms with Crippen molar-refractivity contribution in [1.82, 2.24) is 10.6 Å². The maximum Gasteiger partial charge on any atom is 0.162 e. The van der Waals surface area contributed by atoms with Crippen molar-refractivity contribution < 1.29 is 9.84 Å². The Morgan fingerprint density at radius 2 is 1.89 bits per heavy atom. The number of nitrogens with one attached hydrogen (secondary N) is 2. The number of nitrogens with zero attached hydrogens (tertiary/aromatic N) is 1. The molecule has 1 spiro atoms. The second-order valence-corrected chi connectivity index (χ2v) is 8.06. The van der Waals surface area contributed by atoms with Gasteiger partial charge in [0.25, 0.3) is 0 Å². The van der Waals surface area contributed by atoms with E-state index in [0.717, 1.165) is 53.7 Å². The third kappa shape index (κ3) is 3.74. The molecule has 0 saturated carbocycles. The van der Waals surface area contributed by atoms with E-state index in [9.17, 15) is 5.11 Å². The minimum absolute atomic E-state index is 0.0191. The normalized spacial score (nSPS) is 21.7. The Morgan fingerprint density at radius 1 is 1.15 bits per heavy atom. The number of aromatic hydroxyl groups is 1. The molecule has 142 valence electrons. The lowest BCUT2D eigenvalue weighted by Gasteiger charge is -2.42. The Balaban J connectivity index is 1.74. The molecule has 0 amide bonds. The lowest BCUT2D eigenvalue weighted by molar-refractivity contribution is 0.215. The molecule has 0 aliphatic carbocycles. The molecular weight excluding hydrogens is 406 g/mol. The van der Waals surface area contributed by atoms with Crippen molar-refractivity contribution in [2.24, 2.45) is 4.99 Å². The fourth-order valence-electron chi connectivity index (χ4n) is 4.00. The maximum absolute atomic E-state index is 10.7. The summed E-state index contributed by atoms with van der Waals surface area (Å²) in [6.45, 7) is 1.86. The number of methoxy groups -OCH3 is 1. The molecule has 1 saturated heterocycles. The number of benzene rings is 2. The van der Waals surface area contributed by atoms with E-state index in [2.05, 4.69) is 38.7 Å². The second-order valence-electron chi connectivity index (χ2n) is 7.15. The highest BCUT2D eigenvalue weighted by molar-refractivity contribution is 9.10. The molecule has 2 aliphatic rings. The van der Waals surface area contributed by atoms with Gasteiger partial charge < -0.3 is 15.2 Å². The van der Waals surface area contributed by atoms with Crippen LogP contribution in [0.15, 0.2) is 51.9 Å². The molecule has 0 aromatic heterocycles. The Labute approximate surface area is 168 Å². The topological polar surface area (TPSA) is 65.9 Å². The van der Waals surface area contributed by atoms with Crippen LogP contribution in [0.2, 0.25) is 0 Å². The molecule has 27 heavy (non-hydrogen) atoms. The SMILES string of the molecule is COc1cccc([C@H]2CC(c3ccc(Br)cc3)=NC3(CCNCC3)N2)c1O. The van der Waals surface area contributed by atoms with E-state index in [-0.39, 0.29) is 17.5 Å². The molecule has 2 aromatic rings. The summed E-state index contributed by atoms with van der Waals surface area (Å²) in [5, 5.41) is 17.9. The highest BCUT2D eigenvalue weighted by Gasteiger charge is 2.39. The average Bonchev–Trinajstić information content (AvgIpc) is 2.69. The monoisotopic (exact) mass is 429 g/mol. The zero-order chi connectivity index (χ0) is 18.9. The van der Waals surface area contributed by atoms with Crippen LogP contribution in [-0.2, 0) is 0 Å². The number of para-hydroxylation sites is 1. The fourth-order valence-corrected chi connectivity index (χ4v) is 4.26. The summed E-state index contributed by atoms with van der Waals surface area (Å²) < 4.78 is 6.37. The molecule has 1 fully saturated rings. The number of hydrogen-bond donors (Lipinski definition) is 3. The van der Waals surface area contributed by atoms with Gasteiger partial charge in [-0.15, -0.1) is 0 Å². The van der Waals surface area contributed by atoms with Gasteiger partial charge in [-0.2, -0.15) is 0 Å². The summed E-state index contributed by atoms with van der Waals surface area (Å²) in [6, 6.07) is 14.0. The molecule has 2 aromatic carbocycles. The number of halogens is 1. The summed E-state index contributed by atoms with van der Waals surface area (Å²) in [6.07, 6.45) is 2.57. The van der Waals surface area contributed by atoms with Crippen molar-refractivity contribution in [1.29, 1.82) is 0 Å². The van der Waals surface area contributed by atoms with E-state index < -0.39 is 0 Å².